The van der Waals surface area contributed by atoms with E-state index in [1.54, 1.807) is 0 Å². The number of hydrogen-bond acceptors (Lipinski definition) is 3. The van der Waals surface area contributed by atoms with Crippen molar-refractivity contribution in [2.45, 2.75) is 45.1 Å². The van der Waals surface area contributed by atoms with Gasteiger partial charge in [-0.25, -0.2) is 0 Å². The Morgan fingerprint density at radius 3 is 2.79 bits per heavy atom. The molecule has 1 aliphatic rings. The second-order valence-corrected chi connectivity index (χ2v) is 3.80. The van der Waals surface area contributed by atoms with Crippen molar-refractivity contribution in [1.29, 1.82) is 0 Å². The van der Waals surface area contributed by atoms with E-state index in [2.05, 4.69) is 0 Å². The molecule has 1 rings (SSSR count). The summed E-state index contributed by atoms with van der Waals surface area (Å²) < 4.78 is 5.06. The Hall–Kier alpha value is -0.700. The van der Waals surface area contributed by atoms with Crippen LogP contribution in [0, 0.1) is 5.92 Å². The van der Waals surface area contributed by atoms with Crippen molar-refractivity contribution in [2.75, 3.05) is 7.11 Å². The maximum atomic E-state index is 11.8. The average molecular weight is 198 g/mol. The second-order valence-electron chi connectivity index (χ2n) is 3.80. The molecule has 3 nitrogen and oxygen atoms in total. The van der Waals surface area contributed by atoms with Gasteiger partial charge in [-0.3, -0.25) is 9.59 Å². The zero-order chi connectivity index (χ0) is 10.6. The molecule has 80 valence electrons. The number of ether oxygens (including phenoxy) is 1. The topological polar surface area (TPSA) is 43.4 Å². The summed E-state index contributed by atoms with van der Waals surface area (Å²) in [6, 6.07) is 0. The van der Waals surface area contributed by atoms with Crippen LogP contribution in [0.3, 0.4) is 0 Å². The number of rotatable bonds is 4. The molecule has 0 radical (unpaired) electrons. The third-order valence-electron chi connectivity index (χ3n) is 2.87. The normalized spacial score (nSPS) is 24.7. The fraction of sp³-hybridized carbons (Fsp3) is 0.818. The van der Waals surface area contributed by atoms with Crippen LogP contribution >= 0.6 is 0 Å². The third-order valence-corrected chi connectivity index (χ3v) is 2.87. The van der Waals surface area contributed by atoms with E-state index in [4.69, 9.17) is 4.74 Å². The van der Waals surface area contributed by atoms with Crippen LogP contribution in [0.4, 0.5) is 0 Å². The van der Waals surface area contributed by atoms with Gasteiger partial charge in [0.1, 0.15) is 11.9 Å². The molecule has 0 spiro atoms. The lowest BCUT2D eigenvalue weighted by Crippen LogP contribution is -2.35. The zero-order valence-corrected chi connectivity index (χ0v) is 8.91. The Kier molecular flexibility index (Phi) is 4.26. The zero-order valence-electron chi connectivity index (χ0n) is 8.91. The first-order chi connectivity index (χ1) is 6.70. The van der Waals surface area contributed by atoms with Gasteiger partial charge < -0.3 is 4.74 Å². The first-order valence-electron chi connectivity index (χ1n) is 5.30. The molecule has 0 amide bonds. The minimum Gasteiger partial charge on any atom is -0.374 e. The van der Waals surface area contributed by atoms with Gasteiger partial charge in [0, 0.05) is 13.5 Å². The Balaban J connectivity index is 2.61. The van der Waals surface area contributed by atoms with Crippen LogP contribution in [-0.2, 0) is 14.3 Å². The highest BCUT2D eigenvalue weighted by Gasteiger charge is 2.32. The maximum Gasteiger partial charge on any atom is 0.171 e. The summed E-state index contributed by atoms with van der Waals surface area (Å²) in [5.41, 5.74) is 0. The smallest absolute Gasteiger partial charge is 0.171 e. The van der Waals surface area contributed by atoms with Crippen LogP contribution in [0.2, 0.25) is 0 Å². The molecule has 2 unspecified atom stereocenters. The highest BCUT2D eigenvalue weighted by molar-refractivity contribution is 6.04. The van der Waals surface area contributed by atoms with Gasteiger partial charge in [-0.05, 0) is 19.3 Å². The largest absolute Gasteiger partial charge is 0.374 e. The molecule has 1 saturated carbocycles. The van der Waals surface area contributed by atoms with E-state index >= 15 is 0 Å². The van der Waals surface area contributed by atoms with Gasteiger partial charge in [0.15, 0.2) is 5.78 Å². The average Bonchev–Trinajstić information content (AvgIpc) is 2.20. The van der Waals surface area contributed by atoms with Gasteiger partial charge in [-0.15, -0.1) is 0 Å². The first kappa shape index (κ1) is 11.4. The summed E-state index contributed by atoms with van der Waals surface area (Å²) in [4.78, 5) is 23.3. The number of carbonyl (C=O) groups is 2. The maximum absolute atomic E-state index is 11.8. The van der Waals surface area contributed by atoms with Crippen molar-refractivity contribution in [2.24, 2.45) is 5.92 Å². The van der Waals surface area contributed by atoms with Gasteiger partial charge in [0.25, 0.3) is 0 Å². The van der Waals surface area contributed by atoms with E-state index in [0.717, 1.165) is 19.3 Å². The lowest BCUT2D eigenvalue weighted by Gasteiger charge is -2.22. The minimum absolute atomic E-state index is 0.0142. The van der Waals surface area contributed by atoms with E-state index in [0.29, 0.717) is 12.8 Å². The van der Waals surface area contributed by atoms with E-state index in [1.165, 1.54) is 7.11 Å². The molecule has 0 aromatic heterocycles. The summed E-state index contributed by atoms with van der Waals surface area (Å²) in [7, 11) is 1.53. The third kappa shape index (κ3) is 2.41. The van der Waals surface area contributed by atoms with Crippen molar-refractivity contribution in [3.05, 3.63) is 0 Å². The highest BCUT2D eigenvalue weighted by atomic mass is 16.5. The van der Waals surface area contributed by atoms with Gasteiger partial charge in [0.2, 0.25) is 0 Å². The van der Waals surface area contributed by atoms with Gasteiger partial charge in [-0.2, -0.15) is 0 Å². The molecule has 0 aliphatic heterocycles. The van der Waals surface area contributed by atoms with Crippen LogP contribution in [-0.4, -0.2) is 24.8 Å². The number of carbonyl (C=O) groups excluding carboxylic acids is 2. The van der Waals surface area contributed by atoms with Crippen molar-refractivity contribution >= 4 is 11.6 Å². The molecule has 1 aliphatic carbocycles. The fourth-order valence-corrected chi connectivity index (χ4v) is 1.99. The molecule has 0 saturated heterocycles. The lowest BCUT2D eigenvalue weighted by molar-refractivity contribution is -0.140. The monoisotopic (exact) mass is 198 g/mol. The molecule has 0 bridgehead atoms. The first-order valence-corrected chi connectivity index (χ1v) is 5.30. The fourth-order valence-electron chi connectivity index (χ4n) is 1.99. The van der Waals surface area contributed by atoms with Gasteiger partial charge in [-0.1, -0.05) is 13.3 Å². The summed E-state index contributed by atoms with van der Waals surface area (Å²) in [5.74, 6) is -0.287. The van der Waals surface area contributed by atoms with E-state index in [-0.39, 0.29) is 23.6 Å². The van der Waals surface area contributed by atoms with Gasteiger partial charge in [0.05, 0.1) is 5.92 Å². The summed E-state index contributed by atoms with van der Waals surface area (Å²) >= 11 is 0. The Bertz CT molecular complexity index is 219. The number of ketones is 2. The van der Waals surface area contributed by atoms with Crippen LogP contribution in [0.5, 0.6) is 0 Å². The number of hydrogen-bond donors (Lipinski definition) is 0. The molecule has 0 N–H and O–H groups in total. The predicted octanol–water partition coefficient (Wildman–Crippen LogP) is 1.74. The van der Waals surface area contributed by atoms with Crippen LogP contribution in [0.25, 0.3) is 0 Å². The minimum atomic E-state index is -0.387. The number of methoxy groups -OCH3 is 1. The van der Waals surface area contributed by atoms with Crippen LogP contribution in [0.15, 0.2) is 0 Å². The SMILES string of the molecule is CCC(OC)C(=O)C1CCCCC1=O. The molecular weight excluding hydrogens is 180 g/mol. The van der Waals surface area contributed by atoms with Crippen molar-refractivity contribution < 1.29 is 14.3 Å². The molecule has 0 heterocycles. The van der Waals surface area contributed by atoms with Crippen LogP contribution in [0.1, 0.15) is 39.0 Å². The summed E-state index contributed by atoms with van der Waals surface area (Å²) in [6.45, 7) is 1.90. The van der Waals surface area contributed by atoms with Crippen LogP contribution < -0.4 is 0 Å². The number of Topliss-reactive ketones (excluding diaryl/α,β-unsaturated/α-hetero) is 2. The second kappa shape index (κ2) is 5.25. The molecule has 0 aromatic rings. The molecule has 0 aromatic carbocycles. The Labute approximate surface area is 84.8 Å². The molecule has 1 fully saturated rings. The molecule has 14 heavy (non-hydrogen) atoms. The molecule has 2 atom stereocenters. The van der Waals surface area contributed by atoms with Crippen molar-refractivity contribution in [3.8, 4) is 0 Å². The molecular formula is C11H18O3. The van der Waals surface area contributed by atoms with E-state index in [1.807, 2.05) is 6.92 Å². The predicted molar refractivity (Wildman–Crippen MR) is 53.1 cm³/mol. The summed E-state index contributed by atoms with van der Waals surface area (Å²) in [5, 5.41) is 0. The van der Waals surface area contributed by atoms with E-state index < -0.39 is 0 Å². The van der Waals surface area contributed by atoms with Crippen molar-refractivity contribution in [3.63, 3.8) is 0 Å². The van der Waals surface area contributed by atoms with Crippen molar-refractivity contribution in [1.82, 2.24) is 0 Å². The summed E-state index contributed by atoms with van der Waals surface area (Å²) in [6.07, 6.45) is 3.48. The highest BCUT2D eigenvalue weighted by Crippen LogP contribution is 2.23. The molecule has 3 heteroatoms. The Morgan fingerprint density at radius 1 is 1.57 bits per heavy atom. The Morgan fingerprint density at radius 2 is 2.29 bits per heavy atom. The van der Waals surface area contributed by atoms with E-state index in [9.17, 15) is 9.59 Å². The standard InChI is InChI=1S/C11H18O3/c1-3-10(14-2)11(13)8-6-4-5-7-9(8)12/h8,10H,3-7H2,1-2H3. The quantitative estimate of drug-likeness (QED) is 0.646. The van der Waals surface area contributed by atoms with Gasteiger partial charge >= 0.3 is 0 Å². The lowest BCUT2D eigenvalue weighted by atomic mass is 9.83.